The maximum atomic E-state index is 11.5. The number of amides is 1. The molecule has 0 aliphatic rings. The van der Waals surface area contributed by atoms with Gasteiger partial charge in [-0.25, -0.2) is 4.79 Å². The number of rotatable bonds is 6. The van der Waals surface area contributed by atoms with Gasteiger partial charge in [-0.05, 0) is 47.1 Å². The number of hydrogen-bond acceptors (Lipinski definition) is 3. The van der Waals surface area contributed by atoms with Crippen molar-refractivity contribution in [3.05, 3.63) is 0 Å². The van der Waals surface area contributed by atoms with Crippen LogP contribution in [0.25, 0.3) is 0 Å². The molecular formula is C14H30N2O2. The first-order valence-electron chi connectivity index (χ1n) is 6.77. The Balaban J connectivity index is 3.99. The van der Waals surface area contributed by atoms with Gasteiger partial charge in [-0.1, -0.05) is 20.3 Å². The van der Waals surface area contributed by atoms with Gasteiger partial charge < -0.3 is 15.4 Å². The first kappa shape index (κ1) is 17.2. The Bertz CT molecular complexity index is 257. The van der Waals surface area contributed by atoms with Gasteiger partial charge in [-0.2, -0.15) is 0 Å². The molecule has 108 valence electrons. The maximum absolute atomic E-state index is 11.5. The van der Waals surface area contributed by atoms with Crippen molar-refractivity contribution in [3.63, 3.8) is 0 Å². The molecule has 0 aromatic rings. The van der Waals surface area contributed by atoms with E-state index in [9.17, 15) is 4.79 Å². The van der Waals surface area contributed by atoms with Gasteiger partial charge in [0.15, 0.2) is 0 Å². The number of nitrogens with one attached hydrogen (secondary N) is 2. The average molecular weight is 258 g/mol. The molecule has 0 rings (SSSR count). The van der Waals surface area contributed by atoms with Gasteiger partial charge in [-0.3, -0.25) is 0 Å². The molecule has 0 spiro atoms. The average Bonchev–Trinajstić information content (AvgIpc) is 2.21. The number of carbonyl (C=O) groups is 1. The highest BCUT2D eigenvalue weighted by Gasteiger charge is 2.21. The fourth-order valence-electron chi connectivity index (χ4n) is 1.26. The molecule has 0 aromatic heterocycles. The molecule has 0 fully saturated rings. The third kappa shape index (κ3) is 9.28. The van der Waals surface area contributed by atoms with Gasteiger partial charge in [0.05, 0.1) is 0 Å². The quantitative estimate of drug-likeness (QED) is 0.770. The predicted octanol–water partition coefficient (Wildman–Crippen LogP) is 2.93. The second-order valence-electron chi connectivity index (χ2n) is 6.63. The summed E-state index contributed by atoms with van der Waals surface area (Å²) in [6.07, 6.45) is 0.795. The van der Waals surface area contributed by atoms with Crippen molar-refractivity contribution in [2.75, 3.05) is 13.1 Å². The molecule has 0 heterocycles. The highest BCUT2D eigenvalue weighted by Crippen LogP contribution is 2.08. The first-order chi connectivity index (χ1) is 8.06. The summed E-state index contributed by atoms with van der Waals surface area (Å²) in [6.45, 7) is 15.6. The second-order valence-corrected chi connectivity index (χ2v) is 6.63. The summed E-state index contributed by atoms with van der Waals surface area (Å²) in [7, 11) is 0. The minimum absolute atomic E-state index is 0.125. The standard InChI is InChI=1S/C14H30N2O2/c1-8-11(2)9-16-14(6,7)10-15-12(17)18-13(3,4)5/h11,16H,8-10H2,1-7H3,(H,15,17). The van der Waals surface area contributed by atoms with E-state index >= 15 is 0 Å². The first-order valence-corrected chi connectivity index (χ1v) is 6.77. The van der Waals surface area contributed by atoms with Gasteiger partial charge in [0.1, 0.15) is 5.60 Å². The Morgan fingerprint density at radius 3 is 2.22 bits per heavy atom. The number of carbonyl (C=O) groups excluding carboxylic acids is 1. The van der Waals surface area contributed by atoms with Gasteiger partial charge >= 0.3 is 6.09 Å². The van der Waals surface area contributed by atoms with E-state index in [-0.39, 0.29) is 11.6 Å². The van der Waals surface area contributed by atoms with E-state index < -0.39 is 5.60 Å². The Morgan fingerprint density at radius 1 is 1.22 bits per heavy atom. The summed E-state index contributed by atoms with van der Waals surface area (Å²) < 4.78 is 5.20. The normalized spacial score (nSPS) is 14.2. The van der Waals surface area contributed by atoms with Crippen LogP contribution in [0.5, 0.6) is 0 Å². The fraction of sp³-hybridized carbons (Fsp3) is 0.929. The van der Waals surface area contributed by atoms with Crippen LogP contribution in [0.4, 0.5) is 4.79 Å². The summed E-state index contributed by atoms with van der Waals surface area (Å²) in [6, 6.07) is 0. The van der Waals surface area contributed by atoms with E-state index in [1.165, 1.54) is 0 Å². The van der Waals surface area contributed by atoms with Crippen LogP contribution in [0.1, 0.15) is 54.9 Å². The molecule has 0 saturated carbocycles. The van der Waals surface area contributed by atoms with E-state index in [2.05, 4.69) is 38.3 Å². The Hall–Kier alpha value is -0.770. The van der Waals surface area contributed by atoms with Crippen LogP contribution < -0.4 is 10.6 Å². The highest BCUT2D eigenvalue weighted by molar-refractivity contribution is 5.67. The summed E-state index contributed by atoms with van der Waals surface area (Å²) in [5, 5.41) is 6.26. The van der Waals surface area contributed by atoms with Crippen molar-refractivity contribution in [1.29, 1.82) is 0 Å². The summed E-state index contributed by atoms with van der Waals surface area (Å²) >= 11 is 0. The van der Waals surface area contributed by atoms with Crippen molar-refractivity contribution in [2.24, 2.45) is 5.92 Å². The van der Waals surface area contributed by atoms with E-state index in [0.717, 1.165) is 13.0 Å². The molecule has 0 aromatic carbocycles. The SMILES string of the molecule is CCC(C)CNC(C)(C)CNC(=O)OC(C)(C)C. The van der Waals surface area contributed by atoms with Gasteiger partial charge in [-0.15, -0.1) is 0 Å². The van der Waals surface area contributed by atoms with Crippen LogP contribution in [0, 0.1) is 5.92 Å². The topological polar surface area (TPSA) is 50.4 Å². The monoisotopic (exact) mass is 258 g/mol. The third-order valence-corrected chi connectivity index (χ3v) is 2.70. The van der Waals surface area contributed by atoms with Crippen LogP contribution in [0.15, 0.2) is 0 Å². The van der Waals surface area contributed by atoms with E-state index in [1.54, 1.807) is 0 Å². The van der Waals surface area contributed by atoms with Crippen LogP contribution in [0.2, 0.25) is 0 Å². The number of ether oxygens (including phenoxy) is 1. The molecule has 2 N–H and O–H groups in total. The predicted molar refractivity (Wildman–Crippen MR) is 75.8 cm³/mol. The van der Waals surface area contributed by atoms with Crippen molar-refractivity contribution in [2.45, 2.75) is 66.0 Å². The van der Waals surface area contributed by atoms with Crippen LogP contribution in [-0.2, 0) is 4.74 Å². The maximum Gasteiger partial charge on any atom is 0.407 e. The Kier molecular flexibility index (Phi) is 6.68. The summed E-state index contributed by atoms with van der Waals surface area (Å²) in [5.74, 6) is 0.644. The molecule has 0 aliphatic carbocycles. The van der Waals surface area contributed by atoms with Gasteiger partial charge in [0, 0.05) is 12.1 Å². The molecular weight excluding hydrogens is 228 g/mol. The zero-order chi connectivity index (χ0) is 14.4. The fourth-order valence-corrected chi connectivity index (χ4v) is 1.26. The summed E-state index contributed by atoms with van der Waals surface area (Å²) in [5.41, 5.74) is -0.571. The molecule has 4 heteroatoms. The lowest BCUT2D eigenvalue weighted by Gasteiger charge is -2.29. The molecule has 0 radical (unpaired) electrons. The van der Waals surface area contributed by atoms with Crippen LogP contribution in [-0.4, -0.2) is 30.3 Å². The lowest BCUT2D eigenvalue weighted by molar-refractivity contribution is 0.0513. The number of alkyl carbamates (subject to hydrolysis) is 1. The van der Waals surface area contributed by atoms with E-state index in [1.807, 2.05) is 20.8 Å². The van der Waals surface area contributed by atoms with E-state index in [0.29, 0.717) is 12.5 Å². The highest BCUT2D eigenvalue weighted by atomic mass is 16.6. The molecule has 0 saturated heterocycles. The van der Waals surface area contributed by atoms with Crippen molar-refractivity contribution < 1.29 is 9.53 Å². The van der Waals surface area contributed by atoms with Gasteiger partial charge in [0.2, 0.25) is 0 Å². The third-order valence-electron chi connectivity index (χ3n) is 2.70. The molecule has 18 heavy (non-hydrogen) atoms. The largest absolute Gasteiger partial charge is 0.444 e. The lowest BCUT2D eigenvalue weighted by atomic mass is 10.0. The molecule has 4 nitrogen and oxygen atoms in total. The van der Waals surface area contributed by atoms with Crippen LogP contribution in [0.3, 0.4) is 0 Å². The molecule has 0 bridgehead atoms. The minimum Gasteiger partial charge on any atom is -0.444 e. The van der Waals surface area contributed by atoms with Crippen molar-refractivity contribution in [1.82, 2.24) is 10.6 Å². The Labute approximate surface area is 112 Å². The summed E-state index contributed by atoms with van der Waals surface area (Å²) in [4.78, 5) is 11.5. The zero-order valence-electron chi connectivity index (χ0n) is 13.0. The lowest BCUT2D eigenvalue weighted by Crippen LogP contribution is -2.50. The second kappa shape index (κ2) is 6.98. The number of hydrogen-bond donors (Lipinski definition) is 2. The zero-order valence-corrected chi connectivity index (χ0v) is 13.0. The molecule has 1 amide bonds. The van der Waals surface area contributed by atoms with Crippen molar-refractivity contribution in [3.8, 4) is 0 Å². The van der Waals surface area contributed by atoms with E-state index in [4.69, 9.17) is 4.74 Å². The Morgan fingerprint density at radius 2 is 1.78 bits per heavy atom. The van der Waals surface area contributed by atoms with Crippen LogP contribution >= 0.6 is 0 Å². The smallest absolute Gasteiger partial charge is 0.407 e. The minimum atomic E-state index is -0.446. The molecule has 1 unspecified atom stereocenters. The molecule has 0 aliphatic heterocycles. The molecule has 1 atom stereocenters. The van der Waals surface area contributed by atoms with Crippen molar-refractivity contribution >= 4 is 6.09 Å². The van der Waals surface area contributed by atoms with Gasteiger partial charge in [0.25, 0.3) is 0 Å².